The summed E-state index contributed by atoms with van der Waals surface area (Å²) in [6, 6.07) is 21.8. The van der Waals surface area contributed by atoms with Gasteiger partial charge in [0.2, 0.25) is 11.8 Å². The predicted molar refractivity (Wildman–Crippen MR) is 136 cm³/mol. The summed E-state index contributed by atoms with van der Waals surface area (Å²) >= 11 is 14.8. The van der Waals surface area contributed by atoms with Gasteiger partial charge in [-0.3, -0.25) is 19.3 Å². The monoisotopic (exact) mass is 533 g/mol. The van der Waals surface area contributed by atoms with Crippen LogP contribution in [0.3, 0.4) is 0 Å². The van der Waals surface area contributed by atoms with Gasteiger partial charge < -0.3 is 4.74 Å². The number of alkyl halides is 2. The fourth-order valence-corrected chi connectivity index (χ4v) is 7.24. The SMILES string of the molecule is C[C@@H](C(=O)OCC(=O)c1ccccc1)N1C(=O)[C@@H]2[C@H](C1=O)C1(Cl)c3ccccc3C2(Cl)c2ccccc21. The Balaban J connectivity index is 1.35. The lowest BCUT2D eigenvalue weighted by atomic mass is 9.54. The van der Waals surface area contributed by atoms with E-state index in [1.165, 1.54) is 6.92 Å². The molecule has 0 N–H and O–H groups in total. The van der Waals surface area contributed by atoms with E-state index in [0.717, 1.165) is 4.90 Å². The summed E-state index contributed by atoms with van der Waals surface area (Å²) in [6.45, 7) is 0.901. The molecule has 3 aliphatic carbocycles. The number of hydrogen-bond donors (Lipinski definition) is 0. The van der Waals surface area contributed by atoms with E-state index in [9.17, 15) is 19.2 Å². The molecule has 37 heavy (non-hydrogen) atoms. The molecule has 3 aromatic carbocycles. The third-order valence-corrected chi connectivity index (χ3v) is 9.07. The van der Waals surface area contributed by atoms with Crippen LogP contribution in [0, 0.1) is 11.8 Å². The molecule has 1 aliphatic heterocycles. The molecule has 8 heteroatoms. The lowest BCUT2D eigenvalue weighted by Gasteiger charge is -2.54. The fraction of sp³-hybridized carbons (Fsp3) is 0.241. The second-order valence-electron chi connectivity index (χ2n) is 9.59. The van der Waals surface area contributed by atoms with Crippen molar-refractivity contribution in [2.24, 2.45) is 11.8 Å². The van der Waals surface area contributed by atoms with Crippen molar-refractivity contribution in [1.29, 1.82) is 0 Å². The number of carbonyl (C=O) groups excluding carboxylic acids is 4. The molecule has 2 amide bonds. The maximum absolute atomic E-state index is 13.9. The van der Waals surface area contributed by atoms with Crippen LogP contribution in [0.5, 0.6) is 0 Å². The van der Waals surface area contributed by atoms with Gasteiger partial charge >= 0.3 is 5.97 Å². The molecule has 2 bridgehead atoms. The largest absolute Gasteiger partial charge is 0.456 e. The van der Waals surface area contributed by atoms with E-state index in [1.807, 2.05) is 48.5 Å². The number of nitrogens with zero attached hydrogens (tertiary/aromatic N) is 1. The summed E-state index contributed by atoms with van der Waals surface area (Å²) in [5, 5.41) is 0. The van der Waals surface area contributed by atoms with Crippen molar-refractivity contribution in [3.8, 4) is 0 Å². The Labute approximate surface area is 223 Å². The van der Waals surface area contributed by atoms with Gasteiger partial charge in [-0.2, -0.15) is 0 Å². The lowest BCUT2D eigenvalue weighted by molar-refractivity contribution is -0.157. The molecule has 7 rings (SSSR count). The van der Waals surface area contributed by atoms with E-state index in [-0.39, 0.29) is 0 Å². The van der Waals surface area contributed by atoms with Gasteiger partial charge in [-0.25, -0.2) is 4.79 Å². The van der Waals surface area contributed by atoms with Gasteiger partial charge in [0.1, 0.15) is 15.8 Å². The summed E-state index contributed by atoms with van der Waals surface area (Å²) in [5.74, 6) is -4.44. The number of carbonyl (C=O) groups is 4. The minimum absolute atomic E-state index is 0.391. The number of ether oxygens (including phenoxy) is 1. The lowest BCUT2D eigenvalue weighted by Crippen LogP contribution is -2.57. The van der Waals surface area contributed by atoms with E-state index in [1.54, 1.807) is 30.3 Å². The van der Waals surface area contributed by atoms with Gasteiger partial charge in [0.05, 0.1) is 11.8 Å². The minimum Gasteiger partial charge on any atom is -0.456 e. The first kappa shape index (κ1) is 23.9. The number of imide groups is 1. The highest BCUT2D eigenvalue weighted by Crippen LogP contribution is 2.69. The Morgan fingerprint density at radius 3 is 1.62 bits per heavy atom. The summed E-state index contributed by atoms with van der Waals surface area (Å²) < 4.78 is 5.23. The topological polar surface area (TPSA) is 80.8 Å². The van der Waals surface area contributed by atoms with Crippen LogP contribution in [0.2, 0.25) is 0 Å². The highest BCUT2D eigenvalue weighted by atomic mass is 35.5. The summed E-state index contributed by atoms with van der Waals surface area (Å²) in [6.07, 6.45) is 0. The third kappa shape index (κ3) is 3.06. The second-order valence-corrected chi connectivity index (χ2v) is 10.8. The smallest absolute Gasteiger partial charge is 0.329 e. The highest BCUT2D eigenvalue weighted by Gasteiger charge is 2.73. The van der Waals surface area contributed by atoms with Crippen molar-refractivity contribution >= 4 is 46.8 Å². The molecule has 0 aromatic heterocycles. The van der Waals surface area contributed by atoms with Crippen LogP contribution in [-0.2, 0) is 28.9 Å². The minimum atomic E-state index is -1.33. The van der Waals surface area contributed by atoms with Crippen LogP contribution in [0.25, 0.3) is 0 Å². The zero-order valence-corrected chi connectivity index (χ0v) is 21.2. The van der Waals surface area contributed by atoms with Crippen molar-refractivity contribution in [1.82, 2.24) is 4.90 Å². The zero-order chi connectivity index (χ0) is 26.1. The Hall–Kier alpha value is -3.48. The average Bonchev–Trinajstić information content (AvgIpc) is 3.21. The number of amides is 2. The molecule has 1 heterocycles. The number of halogens is 2. The Morgan fingerprint density at radius 2 is 1.19 bits per heavy atom. The van der Waals surface area contributed by atoms with Crippen LogP contribution in [-0.4, -0.2) is 41.1 Å². The molecule has 186 valence electrons. The van der Waals surface area contributed by atoms with Crippen molar-refractivity contribution < 1.29 is 23.9 Å². The quantitative estimate of drug-likeness (QED) is 0.210. The van der Waals surface area contributed by atoms with E-state index in [4.69, 9.17) is 27.9 Å². The second kappa shape index (κ2) is 8.27. The number of benzene rings is 3. The van der Waals surface area contributed by atoms with E-state index >= 15 is 0 Å². The molecular weight excluding hydrogens is 513 g/mol. The molecule has 3 atom stereocenters. The zero-order valence-electron chi connectivity index (χ0n) is 19.7. The van der Waals surface area contributed by atoms with Crippen molar-refractivity contribution in [2.45, 2.75) is 22.7 Å². The molecule has 1 fully saturated rings. The first-order chi connectivity index (χ1) is 17.7. The molecule has 0 radical (unpaired) electrons. The Kier molecular flexibility index (Phi) is 5.34. The van der Waals surface area contributed by atoms with Crippen LogP contribution in [0.1, 0.15) is 39.5 Å². The van der Waals surface area contributed by atoms with Crippen molar-refractivity contribution in [3.63, 3.8) is 0 Å². The molecule has 6 nitrogen and oxygen atoms in total. The number of Topliss-reactive ketones (excluding diaryl/α,β-unsaturated/α-hetero) is 1. The first-order valence-corrected chi connectivity index (χ1v) is 12.7. The number of ketones is 1. The molecule has 0 spiro atoms. The van der Waals surface area contributed by atoms with Gasteiger partial charge in [0.25, 0.3) is 0 Å². The predicted octanol–water partition coefficient (Wildman–Crippen LogP) is 4.39. The molecule has 0 unspecified atom stereocenters. The van der Waals surface area contributed by atoms with E-state index in [0.29, 0.717) is 27.8 Å². The van der Waals surface area contributed by atoms with Gasteiger partial charge in [0.15, 0.2) is 12.4 Å². The average molecular weight is 534 g/mol. The normalized spacial score (nSPS) is 27.8. The molecular formula is C29H21Cl2NO5. The van der Waals surface area contributed by atoms with Crippen molar-refractivity contribution in [3.05, 3.63) is 107 Å². The highest BCUT2D eigenvalue weighted by molar-refractivity contribution is 6.36. The summed E-state index contributed by atoms with van der Waals surface area (Å²) in [7, 11) is 0. The fourth-order valence-electron chi connectivity index (χ4n) is 6.14. The van der Waals surface area contributed by atoms with Crippen LogP contribution >= 0.6 is 23.2 Å². The van der Waals surface area contributed by atoms with Gasteiger partial charge in [0, 0.05) is 5.56 Å². The number of rotatable bonds is 5. The van der Waals surface area contributed by atoms with E-state index < -0.39 is 57.8 Å². The standard InChI is InChI=1S/C29H21Cl2NO5/c1-16(27(36)37-15-22(33)17-9-3-2-4-10-17)32-25(34)23-24(26(32)35)29(31)19-12-6-5-11-18(19)28(23,30)20-13-7-8-14-21(20)29/h2-14,16,23-24H,15H2,1H3/t16-,23-,24+,28?,29?/m0/s1. The van der Waals surface area contributed by atoms with Crippen LogP contribution in [0.4, 0.5) is 0 Å². The Bertz CT molecular complexity index is 1360. The summed E-state index contributed by atoms with van der Waals surface area (Å²) in [4.78, 5) is 51.4. The van der Waals surface area contributed by atoms with Gasteiger partial charge in [-0.05, 0) is 29.2 Å². The molecule has 4 aliphatic rings. The maximum Gasteiger partial charge on any atom is 0.329 e. The third-order valence-electron chi connectivity index (χ3n) is 7.79. The number of likely N-dealkylation sites (tertiary alicyclic amines) is 1. The summed E-state index contributed by atoms with van der Waals surface area (Å²) in [5.41, 5.74) is 3.11. The molecule has 3 aromatic rings. The Morgan fingerprint density at radius 1 is 0.784 bits per heavy atom. The maximum atomic E-state index is 13.9. The van der Waals surface area contributed by atoms with Gasteiger partial charge in [-0.1, -0.05) is 78.9 Å². The molecule has 0 saturated carbocycles. The van der Waals surface area contributed by atoms with Crippen LogP contribution < -0.4 is 0 Å². The number of esters is 1. The molecule has 1 saturated heterocycles. The van der Waals surface area contributed by atoms with Crippen LogP contribution in [0.15, 0.2) is 78.9 Å². The first-order valence-electron chi connectivity index (χ1n) is 11.9. The van der Waals surface area contributed by atoms with Gasteiger partial charge in [-0.15, -0.1) is 23.2 Å². The van der Waals surface area contributed by atoms with Crippen molar-refractivity contribution in [2.75, 3.05) is 6.61 Å². The van der Waals surface area contributed by atoms with E-state index in [2.05, 4.69) is 0 Å². The number of hydrogen-bond acceptors (Lipinski definition) is 5.